The third kappa shape index (κ3) is 5.03. The molecule has 0 aliphatic heterocycles. The van der Waals surface area contributed by atoms with Gasteiger partial charge >= 0.3 is 0 Å². The fourth-order valence-electron chi connectivity index (χ4n) is 1.76. The molecule has 0 heterocycles. The molecule has 1 rings (SSSR count). The summed E-state index contributed by atoms with van der Waals surface area (Å²) in [7, 11) is 1.87. The van der Waals surface area contributed by atoms with E-state index < -0.39 is 0 Å². The molecule has 0 N–H and O–H groups in total. The number of aryl methyl sites for hydroxylation is 1. The largest absolute Gasteiger partial charge is 0.341 e. The van der Waals surface area contributed by atoms with Crippen LogP contribution in [0.3, 0.4) is 0 Å². The molecular weight excluding hydrogens is 210 g/mol. The molecule has 0 unspecified atom stereocenters. The third-order valence-corrected chi connectivity index (χ3v) is 2.61. The maximum Gasteiger partial charge on any atom is 0.223 e. The lowest BCUT2D eigenvalue weighted by atomic mass is 9.91. The van der Waals surface area contributed by atoms with E-state index in [1.165, 1.54) is 11.1 Å². The molecule has 0 aliphatic carbocycles. The van der Waals surface area contributed by atoms with Gasteiger partial charge in [-0.2, -0.15) is 0 Å². The summed E-state index contributed by atoms with van der Waals surface area (Å²) < 4.78 is 0. The van der Waals surface area contributed by atoms with E-state index in [2.05, 4.69) is 45.9 Å². The number of carbonyl (C=O) groups is 1. The second-order valence-corrected chi connectivity index (χ2v) is 5.98. The van der Waals surface area contributed by atoms with Crippen molar-refractivity contribution in [2.45, 2.75) is 40.7 Å². The summed E-state index contributed by atoms with van der Waals surface area (Å²) in [6.07, 6.45) is 0.593. The van der Waals surface area contributed by atoms with E-state index in [4.69, 9.17) is 0 Å². The number of benzene rings is 1. The Balaban J connectivity index is 2.60. The van der Waals surface area contributed by atoms with Crippen LogP contribution in [0.1, 0.15) is 38.3 Å². The standard InChI is InChI=1S/C15H23NO/c1-12-7-6-8-13(9-12)11-16(5)14(17)10-15(2,3)4/h6-9H,10-11H2,1-5H3. The second-order valence-electron chi connectivity index (χ2n) is 5.98. The van der Waals surface area contributed by atoms with E-state index >= 15 is 0 Å². The Labute approximate surface area is 105 Å². The van der Waals surface area contributed by atoms with Gasteiger partial charge in [-0.05, 0) is 17.9 Å². The first-order valence-electron chi connectivity index (χ1n) is 6.07. The molecule has 17 heavy (non-hydrogen) atoms. The number of nitrogens with zero attached hydrogens (tertiary/aromatic N) is 1. The predicted molar refractivity (Wildman–Crippen MR) is 71.7 cm³/mol. The molecular formula is C15H23NO. The summed E-state index contributed by atoms with van der Waals surface area (Å²) in [5.74, 6) is 0.207. The van der Waals surface area contributed by atoms with Gasteiger partial charge in [0.1, 0.15) is 0 Å². The number of carbonyl (C=O) groups excluding carboxylic acids is 1. The molecule has 2 nitrogen and oxygen atoms in total. The summed E-state index contributed by atoms with van der Waals surface area (Å²) in [6.45, 7) is 9.03. The third-order valence-electron chi connectivity index (χ3n) is 2.61. The molecule has 1 aromatic rings. The summed E-state index contributed by atoms with van der Waals surface area (Å²) in [6, 6.07) is 8.29. The lowest BCUT2D eigenvalue weighted by Gasteiger charge is -2.23. The van der Waals surface area contributed by atoms with Crippen molar-refractivity contribution in [2.75, 3.05) is 7.05 Å². The number of hydrogen-bond donors (Lipinski definition) is 0. The van der Waals surface area contributed by atoms with Crippen LogP contribution in [-0.2, 0) is 11.3 Å². The Bertz CT molecular complexity index is 390. The molecule has 0 saturated carbocycles. The molecule has 1 aromatic carbocycles. The maximum atomic E-state index is 12.0. The second kappa shape index (κ2) is 5.35. The average molecular weight is 233 g/mol. The Kier molecular flexibility index (Phi) is 4.33. The van der Waals surface area contributed by atoms with Crippen molar-refractivity contribution < 1.29 is 4.79 Å². The van der Waals surface area contributed by atoms with Crippen LogP contribution in [0.4, 0.5) is 0 Å². The van der Waals surface area contributed by atoms with E-state index in [0.29, 0.717) is 13.0 Å². The molecule has 0 aromatic heterocycles. The minimum absolute atomic E-state index is 0.0535. The molecule has 0 aliphatic rings. The van der Waals surface area contributed by atoms with Crippen LogP contribution in [0, 0.1) is 12.3 Å². The molecule has 0 bridgehead atoms. The van der Waals surface area contributed by atoms with Crippen molar-refractivity contribution in [3.63, 3.8) is 0 Å². The fourth-order valence-corrected chi connectivity index (χ4v) is 1.76. The predicted octanol–water partition coefficient (Wildman–Crippen LogP) is 3.39. The number of rotatable bonds is 3. The van der Waals surface area contributed by atoms with Crippen molar-refractivity contribution in [1.82, 2.24) is 4.90 Å². The SMILES string of the molecule is Cc1cccc(CN(C)C(=O)CC(C)(C)C)c1. The Morgan fingerprint density at radius 3 is 2.47 bits per heavy atom. The summed E-state index contributed by atoms with van der Waals surface area (Å²) >= 11 is 0. The van der Waals surface area contributed by atoms with Gasteiger partial charge in [0.15, 0.2) is 0 Å². The smallest absolute Gasteiger partial charge is 0.223 e. The molecule has 0 fully saturated rings. The van der Waals surface area contributed by atoms with Crippen molar-refractivity contribution in [2.24, 2.45) is 5.41 Å². The van der Waals surface area contributed by atoms with Gasteiger partial charge in [0.05, 0.1) is 0 Å². The van der Waals surface area contributed by atoms with Gasteiger partial charge in [-0.15, -0.1) is 0 Å². The monoisotopic (exact) mass is 233 g/mol. The quantitative estimate of drug-likeness (QED) is 0.783. The van der Waals surface area contributed by atoms with Gasteiger partial charge in [-0.1, -0.05) is 50.6 Å². The van der Waals surface area contributed by atoms with E-state index in [1.54, 1.807) is 4.90 Å². The zero-order valence-corrected chi connectivity index (χ0v) is 11.6. The first-order valence-corrected chi connectivity index (χ1v) is 6.07. The van der Waals surface area contributed by atoms with Gasteiger partial charge in [0.2, 0.25) is 5.91 Å². The Morgan fingerprint density at radius 1 is 1.29 bits per heavy atom. The topological polar surface area (TPSA) is 20.3 Å². The molecule has 94 valence electrons. The van der Waals surface area contributed by atoms with Crippen LogP contribution in [0.2, 0.25) is 0 Å². The van der Waals surface area contributed by atoms with Crippen LogP contribution >= 0.6 is 0 Å². The summed E-state index contributed by atoms with van der Waals surface area (Å²) in [4.78, 5) is 13.8. The van der Waals surface area contributed by atoms with Crippen molar-refractivity contribution in [3.05, 3.63) is 35.4 Å². The van der Waals surface area contributed by atoms with Crippen LogP contribution in [-0.4, -0.2) is 17.9 Å². The maximum absolute atomic E-state index is 12.0. The first-order chi connectivity index (χ1) is 7.78. The number of hydrogen-bond acceptors (Lipinski definition) is 1. The lowest BCUT2D eigenvalue weighted by molar-refractivity contribution is -0.132. The zero-order valence-electron chi connectivity index (χ0n) is 11.6. The van der Waals surface area contributed by atoms with Gasteiger partial charge in [0.25, 0.3) is 0 Å². The highest BCUT2D eigenvalue weighted by molar-refractivity contribution is 5.76. The van der Waals surface area contributed by atoms with Crippen LogP contribution in [0.15, 0.2) is 24.3 Å². The normalized spacial score (nSPS) is 11.4. The molecule has 2 heteroatoms. The van der Waals surface area contributed by atoms with Gasteiger partial charge in [-0.25, -0.2) is 0 Å². The number of amides is 1. The molecule has 0 saturated heterocycles. The van der Waals surface area contributed by atoms with Crippen LogP contribution in [0.25, 0.3) is 0 Å². The summed E-state index contributed by atoms with van der Waals surface area (Å²) in [5, 5.41) is 0. The highest BCUT2D eigenvalue weighted by Crippen LogP contribution is 2.20. The van der Waals surface area contributed by atoms with E-state index in [-0.39, 0.29) is 11.3 Å². The highest BCUT2D eigenvalue weighted by atomic mass is 16.2. The van der Waals surface area contributed by atoms with Gasteiger partial charge in [0, 0.05) is 20.0 Å². The van der Waals surface area contributed by atoms with E-state index in [9.17, 15) is 4.79 Å². The minimum atomic E-state index is 0.0535. The Hall–Kier alpha value is -1.31. The van der Waals surface area contributed by atoms with Crippen LogP contribution < -0.4 is 0 Å². The molecule has 0 atom stereocenters. The van der Waals surface area contributed by atoms with Crippen LogP contribution in [0.5, 0.6) is 0 Å². The average Bonchev–Trinajstić information content (AvgIpc) is 2.14. The van der Waals surface area contributed by atoms with Gasteiger partial charge in [-0.3, -0.25) is 4.79 Å². The van der Waals surface area contributed by atoms with E-state index in [1.807, 2.05) is 13.1 Å². The lowest BCUT2D eigenvalue weighted by Crippen LogP contribution is -2.29. The van der Waals surface area contributed by atoms with Crippen molar-refractivity contribution in [1.29, 1.82) is 0 Å². The highest BCUT2D eigenvalue weighted by Gasteiger charge is 2.18. The summed E-state index contributed by atoms with van der Waals surface area (Å²) in [5.41, 5.74) is 2.48. The van der Waals surface area contributed by atoms with E-state index in [0.717, 1.165) is 0 Å². The fraction of sp³-hybridized carbons (Fsp3) is 0.533. The molecule has 0 spiro atoms. The van der Waals surface area contributed by atoms with Crippen molar-refractivity contribution >= 4 is 5.91 Å². The zero-order chi connectivity index (χ0) is 13.1. The molecule has 1 amide bonds. The first kappa shape index (κ1) is 13.8. The van der Waals surface area contributed by atoms with Crippen molar-refractivity contribution in [3.8, 4) is 0 Å². The molecule has 0 radical (unpaired) electrons. The Morgan fingerprint density at radius 2 is 1.94 bits per heavy atom. The minimum Gasteiger partial charge on any atom is -0.341 e. The van der Waals surface area contributed by atoms with Gasteiger partial charge < -0.3 is 4.90 Å².